The van der Waals surface area contributed by atoms with Gasteiger partial charge < -0.3 is 14.9 Å². The molecule has 1 aromatic carbocycles. The number of carboxylic acid groups (broad SMARTS) is 1. The number of benzene rings is 1. The van der Waals surface area contributed by atoms with Crippen molar-refractivity contribution in [2.45, 2.75) is 39.7 Å². The lowest BCUT2D eigenvalue weighted by atomic mass is 9.98. The summed E-state index contributed by atoms with van der Waals surface area (Å²) in [6, 6.07) is 6.73. The second-order valence-electron chi connectivity index (χ2n) is 8.62. The highest BCUT2D eigenvalue weighted by Crippen LogP contribution is 2.32. The fraction of sp³-hybridized carbons (Fsp3) is 0.391. The van der Waals surface area contributed by atoms with E-state index in [-0.39, 0.29) is 41.7 Å². The highest BCUT2D eigenvalue weighted by atomic mass is 35.5. The van der Waals surface area contributed by atoms with Crippen molar-refractivity contribution >= 4 is 34.5 Å². The van der Waals surface area contributed by atoms with Crippen molar-refractivity contribution in [3.63, 3.8) is 0 Å². The molecule has 2 aromatic heterocycles. The number of fused-ring (bicyclic) bond motifs is 1. The Morgan fingerprint density at radius 3 is 2.64 bits per heavy atom. The van der Waals surface area contributed by atoms with Crippen LogP contribution in [0.4, 0.5) is 15.0 Å². The molecule has 1 N–H and O–H groups in total. The van der Waals surface area contributed by atoms with E-state index >= 15 is 0 Å². The van der Waals surface area contributed by atoms with Crippen LogP contribution < -0.4 is 10.6 Å². The van der Waals surface area contributed by atoms with Crippen molar-refractivity contribution in [2.75, 3.05) is 24.5 Å². The summed E-state index contributed by atoms with van der Waals surface area (Å²) in [6.07, 6.45) is -1.00. The van der Waals surface area contributed by atoms with Gasteiger partial charge in [0, 0.05) is 25.7 Å². The van der Waals surface area contributed by atoms with Crippen LogP contribution >= 0.6 is 11.6 Å². The first-order valence-corrected chi connectivity index (χ1v) is 11.1. The van der Waals surface area contributed by atoms with E-state index in [2.05, 4.69) is 9.97 Å². The summed E-state index contributed by atoms with van der Waals surface area (Å²) in [7, 11) is 0. The Morgan fingerprint density at radius 2 is 2.00 bits per heavy atom. The smallest absolute Gasteiger partial charge is 0.407 e. The predicted molar refractivity (Wildman–Crippen MR) is 125 cm³/mol. The lowest BCUT2D eigenvalue weighted by molar-refractivity contribution is 0.136. The third-order valence-electron chi connectivity index (χ3n) is 6.04. The van der Waals surface area contributed by atoms with Gasteiger partial charge >= 0.3 is 11.8 Å². The van der Waals surface area contributed by atoms with Crippen molar-refractivity contribution in [2.24, 2.45) is 0 Å². The first-order valence-electron chi connectivity index (χ1n) is 10.7. The van der Waals surface area contributed by atoms with Crippen molar-refractivity contribution in [3.8, 4) is 5.69 Å². The van der Waals surface area contributed by atoms with Gasteiger partial charge in [0.15, 0.2) is 16.6 Å². The van der Waals surface area contributed by atoms with Crippen molar-refractivity contribution < 1.29 is 14.3 Å². The van der Waals surface area contributed by atoms with Crippen LogP contribution in [0.1, 0.15) is 37.8 Å². The lowest BCUT2D eigenvalue weighted by Crippen LogP contribution is -2.54. The van der Waals surface area contributed by atoms with E-state index in [9.17, 15) is 19.1 Å². The van der Waals surface area contributed by atoms with Crippen LogP contribution in [0.3, 0.4) is 0 Å². The summed E-state index contributed by atoms with van der Waals surface area (Å²) < 4.78 is 16.0. The standard InChI is InChI=1S/C23H25ClFN5O3/c1-12(2)15-7-5-6-13(3)18(15)30-21-16(10-17(25)19(24)26-21)20(27-22(30)31)29-9-8-28(23(32)33)11-14(29)4/h5-7,10,12,14H,8-9,11H2,1-4H3,(H,32,33)/t14-/m0/s1. The van der Waals surface area contributed by atoms with Crippen LogP contribution in [0.5, 0.6) is 0 Å². The molecule has 8 nitrogen and oxygen atoms in total. The SMILES string of the molecule is Cc1cccc(C(C)C)c1-n1c(=O)nc(N2CCN(C(=O)O)C[C@@H]2C)c2cc(F)c(Cl)nc21. The molecule has 3 heterocycles. The molecule has 1 aliphatic rings. The number of nitrogens with zero attached hydrogens (tertiary/aromatic N) is 5. The second-order valence-corrected chi connectivity index (χ2v) is 8.98. The van der Waals surface area contributed by atoms with Gasteiger partial charge in [0.05, 0.1) is 11.1 Å². The molecule has 0 unspecified atom stereocenters. The summed E-state index contributed by atoms with van der Waals surface area (Å²) in [4.78, 5) is 36.6. The first-order chi connectivity index (χ1) is 15.6. The topological polar surface area (TPSA) is 91.6 Å². The van der Waals surface area contributed by atoms with E-state index in [1.54, 1.807) is 0 Å². The minimum atomic E-state index is -1.00. The Bertz CT molecular complexity index is 1310. The van der Waals surface area contributed by atoms with Crippen LogP contribution in [-0.2, 0) is 0 Å². The Hall–Kier alpha value is -3.20. The maximum Gasteiger partial charge on any atom is 0.407 e. The third-order valence-corrected chi connectivity index (χ3v) is 6.31. The molecular formula is C23H25ClFN5O3. The van der Waals surface area contributed by atoms with E-state index in [4.69, 9.17) is 11.6 Å². The summed E-state index contributed by atoms with van der Waals surface area (Å²) in [6.45, 7) is 8.57. The number of rotatable bonds is 3. The Morgan fingerprint density at radius 1 is 1.27 bits per heavy atom. The molecule has 1 amide bonds. The third kappa shape index (κ3) is 4.01. The summed E-state index contributed by atoms with van der Waals surface area (Å²) in [5, 5.41) is 9.32. The van der Waals surface area contributed by atoms with E-state index in [0.29, 0.717) is 17.6 Å². The van der Waals surface area contributed by atoms with Crippen LogP contribution in [0, 0.1) is 12.7 Å². The van der Waals surface area contributed by atoms with E-state index in [1.165, 1.54) is 15.5 Å². The molecule has 0 aliphatic carbocycles. The van der Waals surface area contributed by atoms with Gasteiger partial charge in [0.25, 0.3) is 0 Å². The lowest BCUT2D eigenvalue weighted by Gasteiger charge is -2.39. The maximum absolute atomic E-state index is 14.6. The van der Waals surface area contributed by atoms with Crippen LogP contribution in [0.2, 0.25) is 5.15 Å². The molecule has 0 radical (unpaired) electrons. The number of aromatic nitrogens is 3. The van der Waals surface area contributed by atoms with Gasteiger partial charge in [-0.25, -0.2) is 23.5 Å². The van der Waals surface area contributed by atoms with Gasteiger partial charge in [0.1, 0.15) is 5.82 Å². The van der Waals surface area contributed by atoms with E-state index in [0.717, 1.165) is 11.1 Å². The number of aryl methyl sites for hydroxylation is 1. The van der Waals surface area contributed by atoms with Crippen LogP contribution in [0.15, 0.2) is 29.1 Å². The molecule has 1 aliphatic heterocycles. The molecule has 1 saturated heterocycles. The minimum Gasteiger partial charge on any atom is -0.465 e. The number of hydrogen-bond donors (Lipinski definition) is 1. The zero-order valence-corrected chi connectivity index (χ0v) is 19.6. The van der Waals surface area contributed by atoms with Gasteiger partial charge in [-0.3, -0.25) is 0 Å². The summed E-state index contributed by atoms with van der Waals surface area (Å²) in [5.74, 6) is -0.337. The molecule has 1 fully saturated rings. The van der Waals surface area contributed by atoms with Gasteiger partial charge in [-0.1, -0.05) is 43.6 Å². The van der Waals surface area contributed by atoms with Gasteiger partial charge in [0.2, 0.25) is 0 Å². The molecule has 10 heteroatoms. The number of pyridine rings is 1. The number of amides is 1. The molecule has 3 aromatic rings. The van der Waals surface area contributed by atoms with Crippen LogP contribution in [-0.4, -0.2) is 56.3 Å². The first kappa shape index (κ1) is 23.0. The molecule has 33 heavy (non-hydrogen) atoms. The van der Waals surface area contributed by atoms with Crippen molar-refractivity contribution in [3.05, 3.63) is 56.8 Å². The molecular weight excluding hydrogens is 449 g/mol. The molecule has 174 valence electrons. The number of para-hydroxylation sites is 1. The van der Waals surface area contributed by atoms with E-state index in [1.807, 2.05) is 50.8 Å². The maximum atomic E-state index is 14.6. The second kappa shape index (κ2) is 8.62. The van der Waals surface area contributed by atoms with Crippen molar-refractivity contribution in [1.29, 1.82) is 0 Å². The molecule has 0 bridgehead atoms. The average molecular weight is 474 g/mol. The largest absolute Gasteiger partial charge is 0.465 e. The van der Waals surface area contributed by atoms with Gasteiger partial charge in [-0.15, -0.1) is 0 Å². The fourth-order valence-corrected chi connectivity index (χ4v) is 4.54. The number of piperazine rings is 1. The molecule has 0 saturated carbocycles. The molecule has 0 spiro atoms. The Kier molecular flexibility index (Phi) is 6.00. The van der Waals surface area contributed by atoms with Gasteiger partial charge in [-0.2, -0.15) is 4.98 Å². The van der Waals surface area contributed by atoms with Crippen LogP contribution in [0.25, 0.3) is 16.7 Å². The molecule has 1 atom stereocenters. The Balaban J connectivity index is 1.99. The van der Waals surface area contributed by atoms with Gasteiger partial charge in [-0.05, 0) is 37.0 Å². The van der Waals surface area contributed by atoms with E-state index < -0.39 is 17.6 Å². The zero-order valence-electron chi connectivity index (χ0n) is 18.8. The monoisotopic (exact) mass is 473 g/mol. The summed E-state index contributed by atoms with van der Waals surface area (Å²) >= 11 is 6.05. The predicted octanol–water partition coefficient (Wildman–Crippen LogP) is 4.19. The molecule has 4 rings (SSSR count). The normalized spacial score (nSPS) is 16.6. The number of hydrogen-bond acceptors (Lipinski definition) is 5. The highest BCUT2D eigenvalue weighted by molar-refractivity contribution is 6.30. The highest BCUT2D eigenvalue weighted by Gasteiger charge is 2.30. The minimum absolute atomic E-state index is 0.113. The number of carbonyl (C=O) groups is 1. The quantitative estimate of drug-likeness (QED) is 0.573. The number of anilines is 1. The summed E-state index contributed by atoms with van der Waals surface area (Å²) in [5.41, 5.74) is 2.08. The zero-order chi connectivity index (χ0) is 24.0. The average Bonchev–Trinajstić information content (AvgIpc) is 2.75. The fourth-order valence-electron chi connectivity index (χ4n) is 4.40. The Labute approximate surface area is 195 Å². The number of halogens is 2. The van der Waals surface area contributed by atoms with Crippen molar-refractivity contribution in [1.82, 2.24) is 19.4 Å².